The van der Waals surface area contributed by atoms with E-state index in [-0.39, 0.29) is 49.3 Å². The summed E-state index contributed by atoms with van der Waals surface area (Å²) < 4.78 is 0. The average molecular weight is 446 g/mol. The van der Waals surface area contributed by atoms with Crippen molar-refractivity contribution in [3.63, 3.8) is 0 Å². The molecule has 0 aromatic heterocycles. The molecule has 0 atom stereocenters. The maximum Gasteiger partial charge on any atom is 0.278 e. The molecule has 0 bridgehead atoms. The van der Waals surface area contributed by atoms with Gasteiger partial charge in [-0.3, -0.25) is 19.2 Å². The summed E-state index contributed by atoms with van der Waals surface area (Å²) in [6, 6.07) is 18.6. The number of rotatable bonds is 6. The van der Waals surface area contributed by atoms with Gasteiger partial charge in [-0.1, -0.05) is 12.1 Å². The molecule has 2 aromatic rings. The summed E-state index contributed by atoms with van der Waals surface area (Å²) in [6.07, 6.45) is 0. The van der Waals surface area contributed by atoms with Crippen LogP contribution >= 0.6 is 0 Å². The van der Waals surface area contributed by atoms with Crippen molar-refractivity contribution in [3.05, 3.63) is 83.6 Å². The molecular formula is C22H26O4Zr+2. The third-order valence-corrected chi connectivity index (χ3v) is 3.57. The first-order valence-corrected chi connectivity index (χ1v) is 8.22. The molecule has 27 heavy (non-hydrogen) atoms. The number of benzene rings is 2. The smallest absolute Gasteiger partial charge is 0.278 e. The van der Waals surface area contributed by atoms with Gasteiger partial charge in [0.05, 0.1) is 11.8 Å². The van der Waals surface area contributed by atoms with Gasteiger partial charge in [0, 0.05) is 53.9 Å². The minimum absolute atomic E-state index is 0. The Hall–Kier alpha value is -2.26. The number of hydrogen-bond acceptors (Lipinski definition) is 0. The molecule has 0 saturated carbocycles. The normalized spacial score (nSPS) is 9.04. The second kappa shape index (κ2) is 12.2. The molecule has 0 saturated heterocycles. The maximum absolute atomic E-state index is 9.33. The van der Waals surface area contributed by atoms with E-state index in [1.165, 1.54) is 0 Å². The molecule has 0 aliphatic carbocycles. The van der Waals surface area contributed by atoms with E-state index in [4.69, 9.17) is 0 Å². The summed E-state index contributed by atoms with van der Waals surface area (Å²) >= 11 is 0. The zero-order valence-electron chi connectivity index (χ0n) is 16.1. The van der Waals surface area contributed by atoms with E-state index < -0.39 is 0 Å². The van der Waals surface area contributed by atoms with Crippen LogP contribution < -0.4 is 0 Å². The molecule has 2 rings (SSSR count). The van der Waals surface area contributed by atoms with E-state index in [9.17, 15) is 19.2 Å². The van der Waals surface area contributed by atoms with Crippen molar-refractivity contribution in [1.82, 2.24) is 0 Å². The quantitative estimate of drug-likeness (QED) is 0.370. The molecule has 5 heteroatoms. The second-order valence-corrected chi connectivity index (χ2v) is 5.82. The van der Waals surface area contributed by atoms with Crippen LogP contribution in [0.2, 0.25) is 0 Å². The Morgan fingerprint density at radius 1 is 0.519 bits per heavy atom. The summed E-state index contributed by atoms with van der Waals surface area (Å²) in [7, 11) is 0. The molecule has 140 valence electrons. The van der Waals surface area contributed by atoms with E-state index >= 15 is 0 Å². The van der Waals surface area contributed by atoms with Crippen molar-refractivity contribution in [2.45, 2.75) is 27.7 Å². The Morgan fingerprint density at radius 3 is 0.926 bits per heavy atom. The zero-order chi connectivity index (χ0) is 19.7. The number of carbonyl (C=O) groups excluding carboxylic acids is 4. The molecule has 0 aliphatic rings. The van der Waals surface area contributed by atoms with Crippen LogP contribution in [0.1, 0.15) is 38.8 Å². The van der Waals surface area contributed by atoms with E-state index in [2.05, 4.69) is 0 Å². The fourth-order valence-electron chi connectivity index (χ4n) is 2.57. The minimum Gasteiger partial charge on any atom is -0.292 e. The first kappa shape index (κ1) is 24.7. The Balaban J connectivity index is 0.000000483. The van der Waals surface area contributed by atoms with Crippen LogP contribution in [0.25, 0.3) is 0 Å². The SMILES string of the molecule is CC(=[OH+])[C-](C(C)=[OH+])c1ccccc1.CC(=[OH+])[C-](C(C)=[OH+])c1ccccc1.[Zr]. The van der Waals surface area contributed by atoms with E-state index in [0.717, 1.165) is 11.1 Å². The standard InChI is InChI=1S/2C11H11O2.Zr/c2*1-8(12)11(9(2)13)10-6-4-3-5-7-10;/h2*3-7H,1-2H3;/q2*-1;/p+4. The van der Waals surface area contributed by atoms with Gasteiger partial charge in [0.25, 0.3) is 23.1 Å². The van der Waals surface area contributed by atoms with Crippen LogP contribution in [0.4, 0.5) is 0 Å². The van der Waals surface area contributed by atoms with E-state index in [1.54, 1.807) is 27.7 Å². The van der Waals surface area contributed by atoms with Crippen molar-refractivity contribution in [2.24, 2.45) is 0 Å². The fraction of sp³-hybridized carbons (Fsp3) is 0.182. The summed E-state index contributed by atoms with van der Waals surface area (Å²) in [4.78, 5) is 37.3. The third-order valence-electron chi connectivity index (χ3n) is 3.57. The van der Waals surface area contributed by atoms with Gasteiger partial charge in [-0.05, 0) is 0 Å². The topological polar surface area (TPSA) is 85.6 Å². The van der Waals surface area contributed by atoms with Crippen molar-refractivity contribution in [3.8, 4) is 0 Å². The van der Waals surface area contributed by atoms with Gasteiger partial charge >= 0.3 is 0 Å². The van der Waals surface area contributed by atoms with Crippen molar-refractivity contribution in [2.75, 3.05) is 0 Å². The molecule has 0 radical (unpaired) electrons. The fourth-order valence-corrected chi connectivity index (χ4v) is 2.57. The molecule has 4 nitrogen and oxygen atoms in total. The van der Waals surface area contributed by atoms with Crippen LogP contribution in [0.5, 0.6) is 0 Å². The van der Waals surface area contributed by atoms with Crippen LogP contribution in [-0.2, 0) is 26.2 Å². The molecular weight excluding hydrogens is 419 g/mol. The molecule has 0 aliphatic heterocycles. The molecule has 0 heterocycles. The predicted octanol–water partition coefficient (Wildman–Crippen LogP) is 3.48. The van der Waals surface area contributed by atoms with E-state index in [0.29, 0.717) is 11.8 Å². The largest absolute Gasteiger partial charge is 0.292 e. The first-order valence-electron chi connectivity index (χ1n) is 8.22. The van der Waals surface area contributed by atoms with E-state index in [1.807, 2.05) is 60.7 Å². The Bertz CT molecular complexity index is 674. The Kier molecular flexibility index (Phi) is 11.2. The van der Waals surface area contributed by atoms with Gasteiger partial charge < -0.3 is 0 Å². The number of hydrogen-bond donors (Lipinski definition) is 0. The van der Waals surface area contributed by atoms with Gasteiger partial charge in [-0.25, -0.2) is 0 Å². The molecule has 0 amide bonds. The molecule has 0 fully saturated rings. The van der Waals surface area contributed by atoms with Crippen LogP contribution in [0.15, 0.2) is 60.7 Å². The minimum atomic E-state index is 0. The third kappa shape index (κ3) is 7.88. The van der Waals surface area contributed by atoms with Gasteiger partial charge in [0.1, 0.15) is 0 Å². The first-order chi connectivity index (χ1) is 12.3. The van der Waals surface area contributed by atoms with Crippen LogP contribution in [0, 0.1) is 11.8 Å². The Labute approximate surface area is 179 Å². The van der Waals surface area contributed by atoms with Crippen LogP contribution in [0.3, 0.4) is 0 Å². The van der Waals surface area contributed by atoms with Gasteiger partial charge in [-0.15, -0.1) is 24.3 Å². The van der Waals surface area contributed by atoms with Gasteiger partial charge in [0.2, 0.25) is 0 Å². The zero-order valence-corrected chi connectivity index (χ0v) is 18.5. The van der Waals surface area contributed by atoms with Gasteiger partial charge in [0.15, 0.2) is 0 Å². The average Bonchev–Trinajstić information content (AvgIpc) is 2.56. The van der Waals surface area contributed by atoms with Crippen molar-refractivity contribution in [1.29, 1.82) is 0 Å². The molecule has 0 unspecified atom stereocenters. The Morgan fingerprint density at radius 2 is 0.741 bits per heavy atom. The molecule has 0 spiro atoms. The maximum atomic E-state index is 9.33. The number of ketones is 4. The monoisotopic (exact) mass is 444 g/mol. The van der Waals surface area contributed by atoms with Crippen LogP contribution in [-0.4, -0.2) is 42.3 Å². The van der Waals surface area contributed by atoms with Crippen molar-refractivity contribution >= 4 is 23.1 Å². The summed E-state index contributed by atoms with van der Waals surface area (Å²) in [5.74, 6) is 1.52. The predicted molar refractivity (Wildman–Crippen MR) is 108 cm³/mol. The van der Waals surface area contributed by atoms with Gasteiger partial charge in [-0.2, -0.15) is 35.4 Å². The molecule has 2 aromatic carbocycles. The summed E-state index contributed by atoms with van der Waals surface area (Å²) in [5, 5.41) is 0. The summed E-state index contributed by atoms with van der Waals surface area (Å²) in [6.45, 7) is 6.23. The molecule has 4 N–H and O–H groups in total. The second-order valence-electron chi connectivity index (χ2n) is 5.82. The van der Waals surface area contributed by atoms with Crippen molar-refractivity contribution < 1.29 is 45.4 Å². The summed E-state index contributed by atoms with van der Waals surface area (Å²) in [5.41, 5.74) is 1.64.